The Labute approximate surface area is 637 Å². The lowest BCUT2D eigenvalue weighted by Crippen LogP contribution is -2.62. The molecule has 10 atom stereocenters. The van der Waals surface area contributed by atoms with E-state index < -0.39 is 71.0 Å². The molecule has 0 saturated carbocycles. The average molecular weight is 1460 g/mol. The van der Waals surface area contributed by atoms with Gasteiger partial charge in [0.05, 0.1) is 12.1 Å². The van der Waals surface area contributed by atoms with Crippen LogP contribution in [0.3, 0.4) is 0 Å². The fourth-order valence-electron chi connectivity index (χ4n) is 16.7. The average Bonchev–Trinajstić information content (AvgIpc) is 0.873. The number of amides is 8. The zero-order valence-corrected chi connectivity index (χ0v) is 63.1. The monoisotopic (exact) mass is 1460 g/mol. The molecule has 0 radical (unpaired) electrons. The van der Waals surface area contributed by atoms with Crippen molar-refractivity contribution < 1.29 is 38.4 Å². The first-order chi connectivity index (χ1) is 52.7. The summed E-state index contributed by atoms with van der Waals surface area (Å²) in [4.78, 5) is 123. The van der Waals surface area contributed by atoms with Crippen molar-refractivity contribution >= 4 is 47.3 Å². The van der Waals surface area contributed by atoms with E-state index in [0.29, 0.717) is 139 Å². The molecule has 0 aliphatic carbocycles. The van der Waals surface area contributed by atoms with E-state index in [9.17, 15) is 9.59 Å². The van der Waals surface area contributed by atoms with Crippen LogP contribution in [0.15, 0.2) is 206 Å². The molecule has 0 spiro atoms. The van der Waals surface area contributed by atoms with Gasteiger partial charge in [-0.2, -0.15) is 0 Å². The summed E-state index contributed by atoms with van der Waals surface area (Å²) < 4.78 is 0. The van der Waals surface area contributed by atoms with Crippen LogP contribution >= 0.6 is 0 Å². The highest BCUT2D eigenvalue weighted by Crippen LogP contribution is 2.39. The number of nitrogens with zero attached hydrogens (tertiary/aromatic N) is 2. The maximum atomic E-state index is 15.3. The van der Waals surface area contributed by atoms with Gasteiger partial charge in [-0.3, -0.25) is 38.4 Å². The number of rotatable bonds is 36. The third-order valence-corrected chi connectivity index (χ3v) is 22.7. The zero-order chi connectivity index (χ0) is 75.8. The summed E-state index contributed by atoms with van der Waals surface area (Å²) in [5.41, 5.74) is 3.48. The van der Waals surface area contributed by atoms with E-state index in [1.807, 2.05) is 196 Å². The van der Waals surface area contributed by atoms with Crippen LogP contribution in [0.5, 0.6) is 0 Å². The minimum Gasteiger partial charge on any atom is -0.353 e. The van der Waals surface area contributed by atoms with Gasteiger partial charge in [-0.05, 0) is 161 Å². The lowest BCUT2D eigenvalue weighted by atomic mass is 9.81. The highest BCUT2D eigenvalue weighted by Gasteiger charge is 2.53. The van der Waals surface area contributed by atoms with Gasteiger partial charge in [-0.15, -0.1) is 0 Å². The first-order valence-corrected chi connectivity index (χ1v) is 39.3. The fourth-order valence-corrected chi connectivity index (χ4v) is 16.7. The Hall–Kier alpha value is -9.86. The lowest BCUT2D eigenvalue weighted by molar-refractivity contribution is -0.145. The molecule has 4 aliphatic rings. The molecule has 4 fully saturated rings. The van der Waals surface area contributed by atoms with E-state index in [2.05, 4.69) is 77.4 Å². The van der Waals surface area contributed by atoms with Gasteiger partial charge in [-0.1, -0.05) is 220 Å². The predicted octanol–water partition coefficient (Wildman–Crippen LogP) is 8.77. The lowest BCUT2D eigenvalue weighted by Gasteiger charge is -2.38. The molecule has 10 N–H and O–H groups in total. The quantitative estimate of drug-likeness (QED) is 0.0165. The van der Waals surface area contributed by atoms with Crippen molar-refractivity contribution in [2.75, 3.05) is 40.3 Å². The van der Waals surface area contributed by atoms with Crippen LogP contribution in [0.4, 0.5) is 0 Å². The molecule has 20 nitrogen and oxygen atoms in total. The van der Waals surface area contributed by atoms with Gasteiger partial charge in [0.1, 0.15) is 24.2 Å². The number of nitrogens with one attached hydrogen (secondary N) is 10. The molecule has 4 heterocycles. The van der Waals surface area contributed by atoms with Crippen molar-refractivity contribution in [3.05, 3.63) is 251 Å². The topological polar surface area (TPSA) is 263 Å². The van der Waals surface area contributed by atoms with Crippen LogP contribution in [0.2, 0.25) is 0 Å². The molecule has 7 aromatic carbocycles. The summed E-state index contributed by atoms with van der Waals surface area (Å²) in [6.45, 7) is 6.69. The summed E-state index contributed by atoms with van der Waals surface area (Å²) in [7, 11) is 3.47. The number of benzene rings is 7. The van der Waals surface area contributed by atoms with E-state index in [1.54, 1.807) is 23.9 Å². The maximum absolute atomic E-state index is 15.3. The maximum Gasteiger partial charge on any atom is 0.255 e. The number of hydrogen-bond donors (Lipinski definition) is 10. The third-order valence-electron chi connectivity index (χ3n) is 22.7. The number of aryl methyl sites for hydroxylation is 2. The van der Waals surface area contributed by atoms with E-state index in [4.69, 9.17) is 0 Å². The Morgan fingerprint density at radius 1 is 0.398 bits per heavy atom. The predicted molar refractivity (Wildman–Crippen MR) is 421 cm³/mol. The molecular formula is C88H110N12O8. The summed E-state index contributed by atoms with van der Waals surface area (Å²) in [6.07, 6.45) is 10.1. The van der Waals surface area contributed by atoms with Crippen LogP contribution in [0.1, 0.15) is 148 Å². The second-order valence-corrected chi connectivity index (χ2v) is 29.5. The minimum absolute atomic E-state index is 0.227. The van der Waals surface area contributed by atoms with Crippen molar-refractivity contribution in [1.82, 2.24) is 63.0 Å². The number of likely N-dealkylation sites (N-methyl/N-ethyl adjacent to an activating group) is 2. The Kier molecular flexibility index (Phi) is 28.4. The SMILES string of the molecule is CC[C@H](NC)C(=O)N[C@@H]1C(=O)N2[C@@H](CC[C@@H]1CNCc1ccccc1)CC[C@H]2C(=O)NC(C(=O)NCCCCc1ccc(CCCCNC(=O)C(NC(=O)[C@@H]2CC[C@@H]3CC[C@H](CNCc4ccccc4)[C@H](NC(=O)[C@H](CC)NC)C(=O)N32)(c2ccccc2)c2ccccc2)cc1)(c1ccccc1)c1ccccc1. The molecule has 0 aromatic heterocycles. The fraction of sp³-hybridized carbons (Fsp3) is 0.432. The number of carbonyl (C=O) groups is 8. The van der Waals surface area contributed by atoms with Crippen molar-refractivity contribution in [2.24, 2.45) is 11.8 Å². The molecule has 20 heteroatoms. The van der Waals surface area contributed by atoms with Crippen LogP contribution in [-0.4, -0.2) is 146 Å². The summed E-state index contributed by atoms with van der Waals surface area (Å²) in [5.74, 6) is -3.26. The molecule has 7 aromatic rings. The van der Waals surface area contributed by atoms with E-state index in [0.717, 1.165) is 47.9 Å². The third kappa shape index (κ3) is 19.0. The Bertz CT molecular complexity index is 3720. The first-order valence-electron chi connectivity index (χ1n) is 39.3. The van der Waals surface area contributed by atoms with Gasteiger partial charge in [0.25, 0.3) is 11.8 Å². The standard InChI is InChI=1S/C88H110N12O8/c1-5-73(89-3)79(101)95-77-65(59-91-57-63-31-13-7-14-32-63)47-49-71-51-53-75(99(71)83(77)105)81(103)97-87(67-35-17-9-18-36-67,68-37-19-10-20-38-68)85(107)93-55-27-25-29-61-43-45-62(46-44-61)30-26-28-56-94-86(108)88(69-39-21-11-22-40-69,70-41-23-12-24-42-70)98-82(104)76-54-52-72-50-48-66(60-92-58-64-33-15-8-16-34-64)78(84(106)100(72)76)96-80(102)74(6-2)90-4/h7-24,31-46,65-66,71-78,89-92H,5-6,25-30,47-60H2,1-4H3,(H,93,107)(H,94,108)(H,95,101)(H,96,102)(H,97,103)(H,98,104)/t65-,66-,71+,72+,73+,74+,75+,76+,77+,78+/m1/s1. The second-order valence-electron chi connectivity index (χ2n) is 29.5. The normalized spacial score (nSPS) is 20.6. The molecule has 11 rings (SSSR count). The molecule has 108 heavy (non-hydrogen) atoms. The summed E-state index contributed by atoms with van der Waals surface area (Å²) in [5, 5.41) is 32.6. The highest BCUT2D eigenvalue weighted by molar-refractivity contribution is 6.01. The van der Waals surface area contributed by atoms with E-state index in [-0.39, 0.29) is 47.5 Å². The Morgan fingerprint density at radius 2 is 0.713 bits per heavy atom. The molecular weight excluding hydrogens is 1350 g/mol. The minimum atomic E-state index is -1.66. The van der Waals surface area contributed by atoms with E-state index >= 15 is 28.8 Å². The van der Waals surface area contributed by atoms with Gasteiger partial charge >= 0.3 is 0 Å². The number of fused-ring (bicyclic) bond motifs is 2. The van der Waals surface area contributed by atoms with Crippen molar-refractivity contribution in [1.29, 1.82) is 0 Å². The van der Waals surface area contributed by atoms with Gasteiger partial charge in [0.15, 0.2) is 11.1 Å². The molecule has 8 amide bonds. The highest BCUT2D eigenvalue weighted by atomic mass is 16.2. The van der Waals surface area contributed by atoms with Crippen LogP contribution < -0.4 is 53.2 Å². The van der Waals surface area contributed by atoms with Crippen LogP contribution in [0.25, 0.3) is 0 Å². The smallest absolute Gasteiger partial charge is 0.255 e. The van der Waals surface area contributed by atoms with Crippen LogP contribution in [-0.2, 0) is 75.4 Å². The summed E-state index contributed by atoms with van der Waals surface area (Å²) >= 11 is 0. The molecule has 570 valence electrons. The number of hydrogen-bond acceptors (Lipinski definition) is 12. The zero-order valence-electron chi connectivity index (χ0n) is 63.1. The second kappa shape index (κ2) is 38.8. The summed E-state index contributed by atoms with van der Waals surface area (Å²) in [6, 6.07) is 60.8. The van der Waals surface area contributed by atoms with E-state index in [1.165, 1.54) is 0 Å². The van der Waals surface area contributed by atoms with Crippen molar-refractivity contribution in [3.63, 3.8) is 0 Å². The van der Waals surface area contributed by atoms with Gasteiger partial charge in [0.2, 0.25) is 35.4 Å². The largest absolute Gasteiger partial charge is 0.353 e. The van der Waals surface area contributed by atoms with Gasteiger partial charge in [-0.25, -0.2) is 0 Å². The first kappa shape index (κ1) is 79.2. The molecule has 4 saturated heterocycles. The van der Waals surface area contributed by atoms with Gasteiger partial charge in [0, 0.05) is 63.2 Å². The van der Waals surface area contributed by atoms with Crippen molar-refractivity contribution in [3.8, 4) is 0 Å². The van der Waals surface area contributed by atoms with Crippen molar-refractivity contribution in [2.45, 2.75) is 189 Å². The molecule has 0 bridgehead atoms. The van der Waals surface area contributed by atoms with Crippen LogP contribution in [0, 0.1) is 11.8 Å². The Morgan fingerprint density at radius 3 is 1.03 bits per heavy atom. The number of unbranched alkanes of at least 4 members (excludes halogenated alkanes) is 2. The Balaban J connectivity index is 0.704. The molecule has 4 aliphatic heterocycles. The van der Waals surface area contributed by atoms with Gasteiger partial charge < -0.3 is 63.0 Å². The number of carbonyl (C=O) groups excluding carboxylic acids is 8. The molecule has 0 unspecified atom stereocenters.